The Hall–Kier alpha value is -0.810. The van der Waals surface area contributed by atoms with Gasteiger partial charge in [-0.05, 0) is 18.6 Å². The molecule has 0 amide bonds. The number of halogens is 1. The third kappa shape index (κ3) is 2.02. The molecule has 17 heavy (non-hydrogen) atoms. The molecule has 0 aliphatic carbocycles. The lowest BCUT2D eigenvalue weighted by molar-refractivity contribution is 0.374. The molecular weight excluding hydrogens is 260 g/mol. The molecule has 0 atom stereocenters. The van der Waals surface area contributed by atoms with Crippen molar-refractivity contribution in [3.05, 3.63) is 23.4 Å². The van der Waals surface area contributed by atoms with Gasteiger partial charge in [0.2, 0.25) is 0 Å². The van der Waals surface area contributed by atoms with E-state index in [2.05, 4.69) is 9.88 Å². The minimum Gasteiger partial charge on any atom is -0.356 e. The number of pyridine rings is 1. The fourth-order valence-corrected chi connectivity index (χ4v) is 5.24. The number of hydrogen-bond acceptors (Lipinski definition) is 4. The standard InChI is InChI=1S/C11H13ClN2O2S/c12-9-2-1-3-10(13-9)14-5-4-11(6-14)7-17(15,16)8-11/h1-3H,4-8H2. The van der Waals surface area contributed by atoms with Crippen molar-refractivity contribution < 1.29 is 8.42 Å². The van der Waals surface area contributed by atoms with Gasteiger partial charge in [-0.15, -0.1) is 0 Å². The normalized spacial score (nSPS) is 24.9. The Morgan fingerprint density at radius 3 is 2.76 bits per heavy atom. The second-order valence-electron chi connectivity index (χ2n) is 5.02. The van der Waals surface area contributed by atoms with E-state index in [0.717, 1.165) is 25.3 Å². The highest BCUT2D eigenvalue weighted by atomic mass is 35.5. The van der Waals surface area contributed by atoms with Gasteiger partial charge < -0.3 is 4.90 Å². The van der Waals surface area contributed by atoms with Gasteiger partial charge in [0.25, 0.3) is 0 Å². The predicted molar refractivity (Wildman–Crippen MR) is 67.2 cm³/mol. The molecular formula is C11H13ClN2O2S. The molecule has 1 aromatic rings. The molecule has 4 nitrogen and oxygen atoms in total. The summed E-state index contributed by atoms with van der Waals surface area (Å²) >= 11 is 5.85. The quantitative estimate of drug-likeness (QED) is 0.725. The monoisotopic (exact) mass is 272 g/mol. The van der Waals surface area contributed by atoms with Gasteiger partial charge in [0.05, 0.1) is 11.5 Å². The SMILES string of the molecule is O=S1(=O)CC2(CCN(c3cccc(Cl)n3)C2)C1. The van der Waals surface area contributed by atoms with Gasteiger partial charge in [-0.1, -0.05) is 17.7 Å². The predicted octanol–water partition coefficient (Wildman–Crippen LogP) is 1.36. The molecule has 2 aliphatic rings. The minimum absolute atomic E-state index is 0.0250. The first kappa shape index (κ1) is 11.3. The molecule has 3 rings (SSSR count). The molecule has 0 unspecified atom stereocenters. The highest BCUT2D eigenvalue weighted by Gasteiger charge is 2.52. The molecule has 0 aromatic carbocycles. The largest absolute Gasteiger partial charge is 0.356 e. The molecule has 3 heterocycles. The molecule has 0 radical (unpaired) electrons. The average Bonchev–Trinajstić information content (AvgIpc) is 2.60. The summed E-state index contributed by atoms with van der Waals surface area (Å²) in [7, 11) is -2.76. The zero-order valence-corrected chi connectivity index (χ0v) is 10.8. The third-order valence-electron chi connectivity index (χ3n) is 3.51. The van der Waals surface area contributed by atoms with E-state index in [-0.39, 0.29) is 5.41 Å². The second-order valence-corrected chi connectivity index (χ2v) is 7.47. The lowest BCUT2D eigenvalue weighted by Crippen LogP contribution is -2.50. The number of aromatic nitrogens is 1. The molecule has 92 valence electrons. The average molecular weight is 273 g/mol. The molecule has 2 fully saturated rings. The molecule has 0 N–H and O–H groups in total. The fourth-order valence-electron chi connectivity index (χ4n) is 2.83. The van der Waals surface area contributed by atoms with Gasteiger partial charge in [-0.3, -0.25) is 0 Å². The summed E-state index contributed by atoms with van der Waals surface area (Å²) in [6.45, 7) is 1.64. The van der Waals surface area contributed by atoms with Gasteiger partial charge in [-0.25, -0.2) is 13.4 Å². The Balaban J connectivity index is 1.77. The van der Waals surface area contributed by atoms with E-state index < -0.39 is 9.84 Å². The van der Waals surface area contributed by atoms with Crippen molar-refractivity contribution in [2.45, 2.75) is 6.42 Å². The maximum absolute atomic E-state index is 11.3. The molecule has 6 heteroatoms. The van der Waals surface area contributed by atoms with E-state index in [0.29, 0.717) is 16.7 Å². The van der Waals surface area contributed by atoms with Crippen LogP contribution in [-0.4, -0.2) is 38.0 Å². The first-order chi connectivity index (χ1) is 7.98. The van der Waals surface area contributed by atoms with Crippen LogP contribution in [0.25, 0.3) is 0 Å². The fraction of sp³-hybridized carbons (Fsp3) is 0.545. The minimum atomic E-state index is -2.76. The van der Waals surface area contributed by atoms with Crippen molar-refractivity contribution in [3.63, 3.8) is 0 Å². The van der Waals surface area contributed by atoms with E-state index in [4.69, 9.17) is 11.6 Å². The number of rotatable bonds is 1. The number of nitrogens with zero attached hydrogens (tertiary/aromatic N) is 2. The van der Waals surface area contributed by atoms with Crippen molar-refractivity contribution in [2.24, 2.45) is 5.41 Å². The smallest absolute Gasteiger partial charge is 0.151 e. The molecule has 0 bridgehead atoms. The van der Waals surface area contributed by atoms with Gasteiger partial charge in [0.15, 0.2) is 9.84 Å². The Kier molecular flexibility index (Phi) is 2.38. The first-order valence-corrected chi connectivity index (χ1v) is 7.76. The van der Waals surface area contributed by atoms with Crippen LogP contribution in [0.15, 0.2) is 18.2 Å². The summed E-state index contributed by atoms with van der Waals surface area (Å²) in [6.07, 6.45) is 0.931. The van der Waals surface area contributed by atoms with Crippen molar-refractivity contribution in [1.82, 2.24) is 4.98 Å². The second kappa shape index (κ2) is 3.59. The lowest BCUT2D eigenvalue weighted by atomic mass is 9.91. The number of sulfone groups is 1. The van der Waals surface area contributed by atoms with E-state index in [1.807, 2.05) is 12.1 Å². The molecule has 2 aliphatic heterocycles. The Bertz CT molecular complexity index is 546. The van der Waals surface area contributed by atoms with Gasteiger partial charge in [0.1, 0.15) is 11.0 Å². The zero-order valence-electron chi connectivity index (χ0n) is 9.26. The van der Waals surface area contributed by atoms with Crippen LogP contribution in [0.5, 0.6) is 0 Å². The number of hydrogen-bond donors (Lipinski definition) is 0. The lowest BCUT2D eigenvalue weighted by Gasteiger charge is -2.37. The number of anilines is 1. The van der Waals surface area contributed by atoms with E-state index in [1.54, 1.807) is 6.07 Å². The van der Waals surface area contributed by atoms with Gasteiger partial charge in [0, 0.05) is 18.5 Å². The van der Waals surface area contributed by atoms with Gasteiger partial charge >= 0.3 is 0 Å². The maximum Gasteiger partial charge on any atom is 0.151 e. The van der Waals surface area contributed by atoms with Crippen LogP contribution in [-0.2, 0) is 9.84 Å². The van der Waals surface area contributed by atoms with Crippen LogP contribution < -0.4 is 4.90 Å². The summed E-state index contributed by atoms with van der Waals surface area (Å²) < 4.78 is 22.6. The third-order valence-corrected chi connectivity index (χ3v) is 5.83. The highest BCUT2D eigenvalue weighted by Crippen LogP contribution is 2.42. The molecule has 1 spiro atoms. The topological polar surface area (TPSA) is 50.3 Å². The van der Waals surface area contributed by atoms with Crippen LogP contribution in [0.2, 0.25) is 5.15 Å². The van der Waals surface area contributed by atoms with Crippen LogP contribution in [0.1, 0.15) is 6.42 Å². The zero-order chi connectivity index (χ0) is 12.1. The van der Waals surface area contributed by atoms with E-state index >= 15 is 0 Å². The summed E-state index contributed by atoms with van der Waals surface area (Å²) in [6, 6.07) is 5.52. The summed E-state index contributed by atoms with van der Waals surface area (Å²) in [5, 5.41) is 0.477. The summed E-state index contributed by atoms with van der Waals surface area (Å²) in [4.78, 5) is 6.38. The molecule has 0 saturated carbocycles. The van der Waals surface area contributed by atoms with E-state index in [9.17, 15) is 8.42 Å². The maximum atomic E-state index is 11.3. The van der Waals surface area contributed by atoms with E-state index in [1.165, 1.54) is 0 Å². The molecule has 2 saturated heterocycles. The van der Waals surface area contributed by atoms with Crippen LogP contribution in [0.4, 0.5) is 5.82 Å². The highest BCUT2D eigenvalue weighted by molar-refractivity contribution is 7.92. The molecule has 1 aromatic heterocycles. The van der Waals surface area contributed by atoms with Crippen molar-refractivity contribution in [1.29, 1.82) is 0 Å². The van der Waals surface area contributed by atoms with Crippen LogP contribution in [0, 0.1) is 5.41 Å². The Morgan fingerprint density at radius 2 is 2.12 bits per heavy atom. The van der Waals surface area contributed by atoms with Crippen molar-refractivity contribution >= 4 is 27.3 Å². The Labute approximate surface area is 106 Å². The first-order valence-electron chi connectivity index (χ1n) is 5.56. The summed E-state index contributed by atoms with van der Waals surface area (Å²) in [5.74, 6) is 1.51. The van der Waals surface area contributed by atoms with Crippen molar-refractivity contribution in [3.8, 4) is 0 Å². The van der Waals surface area contributed by atoms with Crippen LogP contribution in [0.3, 0.4) is 0 Å². The van der Waals surface area contributed by atoms with Crippen molar-refractivity contribution in [2.75, 3.05) is 29.5 Å². The summed E-state index contributed by atoms with van der Waals surface area (Å²) in [5.41, 5.74) is -0.0250. The van der Waals surface area contributed by atoms with Crippen LogP contribution >= 0.6 is 11.6 Å². The Morgan fingerprint density at radius 1 is 1.35 bits per heavy atom. The van der Waals surface area contributed by atoms with Gasteiger partial charge in [-0.2, -0.15) is 0 Å².